The highest BCUT2D eigenvalue weighted by molar-refractivity contribution is 5.78. The largest absolute Gasteiger partial charge is 0.388 e. The fourth-order valence-corrected chi connectivity index (χ4v) is 1.47. The molecule has 1 heterocycles. The summed E-state index contributed by atoms with van der Waals surface area (Å²) in [6.07, 6.45) is -0.823. The lowest BCUT2D eigenvalue weighted by molar-refractivity contribution is -0.129. The first-order chi connectivity index (χ1) is 6.19. The number of ether oxygens (including phenoxy) is 1. The van der Waals surface area contributed by atoms with E-state index < -0.39 is 6.10 Å². The highest BCUT2D eigenvalue weighted by Gasteiger charge is 2.33. The number of nitrogens with zero attached hydrogens (tertiary/aromatic N) is 1. The van der Waals surface area contributed by atoms with E-state index in [1.807, 2.05) is 6.92 Å². The SMILES string of the molecule is CCO[C@H]1CN(C(=O)CN)C[C@H]1O. The third-order valence-electron chi connectivity index (χ3n) is 2.15. The van der Waals surface area contributed by atoms with Gasteiger partial charge in [0.25, 0.3) is 0 Å². The standard InChI is InChI=1S/C8H16N2O3/c1-2-13-7-5-10(4-6(7)11)8(12)3-9/h6-7,11H,2-5,9H2,1H3/t6-,7+/m1/s1. The molecule has 5 heteroatoms. The first-order valence-corrected chi connectivity index (χ1v) is 4.46. The van der Waals surface area contributed by atoms with Crippen LogP contribution in [0, 0.1) is 0 Å². The van der Waals surface area contributed by atoms with Crippen LogP contribution in [-0.2, 0) is 9.53 Å². The summed E-state index contributed by atoms with van der Waals surface area (Å²) in [5.41, 5.74) is 5.20. The zero-order chi connectivity index (χ0) is 9.84. The lowest BCUT2D eigenvalue weighted by atomic mass is 10.3. The van der Waals surface area contributed by atoms with E-state index in [1.54, 1.807) is 0 Å². The maximum atomic E-state index is 11.1. The maximum absolute atomic E-state index is 11.1. The summed E-state index contributed by atoms with van der Waals surface area (Å²) in [6.45, 7) is 3.18. The molecule has 0 spiro atoms. The number of likely N-dealkylation sites (tertiary alicyclic amines) is 1. The third-order valence-corrected chi connectivity index (χ3v) is 2.15. The van der Waals surface area contributed by atoms with E-state index in [0.717, 1.165) is 0 Å². The van der Waals surface area contributed by atoms with Crippen LogP contribution >= 0.6 is 0 Å². The van der Waals surface area contributed by atoms with Gasteiger partial charge in [0, 0.05) is 19.7 Å². The molecule has 0 aromatic carbocycles. The molecule has 0 bridgehead atoms. The molecule has 1 aliphatic rings. The number of carbonyl (C=O) groups excluding carboxylic acids is 1. The van der Waals surface area contributed by atoms with Gasteiger partial charge in [-0.1, -0.05) is 0 Å². The summed E-state index contributed by atoms with van der Waals surface area (Å²) in [4.78, 5) is 12.7. The highest BCUT2D eigenvalue weighted by atomic mass is 16.5. The van der Waals surface area contributed by atoms with Crippen LogP contribution in [0.4, 0.5) is 0 Å². The molecule has 5 nitrogen and oxygen atoms in total. The predicted molar refractivity (Wildman–Crippen MR) is 47.1 cm³/mol. The van der Waals surface area contributed by atoms with Gasteiger partial charge in [0.05, 0.1) is 12.6 Å². The lowest BCUT2D eigenvalue weighted by Crippen LogP contribution is -2.35. The highest BCUT2D eigenvalue weighted by Crippen LogP contribution is 2.13. The Morgan fingerprint density at radius 2 is 2.38 bits per heavy atom. The zero-order valence-corrected chi connectivity index (χ0v) is 7.77. The molecule has 0 aromatic heterocycles. The molecule has 1 saturated heterocycles. The number of β-amino-alcohol motifs (C(OH)–C–C–N with tert-alkyl or cyclic N) is 1. The Kier molecular flexibility index (Phi) is 3.65. The van der Waals surface area contributed by atoms with Gasteiger partial charge in [-0.15, -0.1) is 0 Å². The topological polar surface area (TPSA) is 75.8 Å². The molecule has 3 N–H and O–H groups in total. The van der Waals surface area contributed by atoms with Crippen molar-refractivity contribution in [1.82, 2.24) is 4.90 Å². The zero-order valence-electron chi connectivity index (χ0n) is 7.77. The van der Waals surface area contributed by atoms with Crippen molar-refractivity contribution < 1.29 is 14.6 Å². The predicted octanol–water partition coefficient (Wildman–Crippen LogP) is -1.45. The van der Waals surface area contributed by atoms with Gasteiger partial charge in [-0.25, -0.2) is 0 Å². The van der Waals surface area contributed by atoms with Gasteiger partial charge < -0.3 is 20.5 Å². The molecular weight excluding hydrogens is 172 g/mol. The Morgan fingerprint density at radius 3 is 2.92 bits per heavy atom. The molecule has 1 amide bonds. The van der Waals surface area contributed by atoms with Crippen molar-refractivity contribution in [3.8, 4) is 0 Å². The van der Waals surface area contributed by atoms with Crippen LogP contribution in [0.1, 0.15) is 6.92 Å². The van der Waals surface area contributed by atoms with Crippen molar-refractivity contribution in [3.05, 3.63) is 0 Å². The van der Waals surface area contributed by atoms with Gasteiger partial charge in [-0.3, -0.25) is 4.79 Å². The number of rotatable bonds is 3. The minimum absolute atomic E-state index is 0.00837. The summed E-state index contributed by atoms with van der Waals surface area (Å²) in [5, 5.41) is 9.48. The van der Waals surface area contributed by atoms with Crippen LogP contribution in [0.5, 0.6) is 0 Å². The van der Waals surface area contributed by atoms with Crippen molar-refractivity contribution >= 4 is 5.91 Å². The number of nitrogens with two attached hydrogens (primary N) is 1. The van der Waals surface area contributed by atoms with Crippen LogP contribution < -0.4 is 5.73 Å². The molecule has 0 saturated carbocycles. The average Bonchev–Trinajstić information content (AvgIpc) is 2.47. The molecule has 0 aliphatic carbocycles. The molecule has 13 heavy (non-hydrogen) atoms. The molecule has 0 radical (unpaired) electrons. The second kappa shape index (κ2) is 4.55. The molecule has 2 atom stereocenters. The number of aliphatic hydroxyl groups is 1. The first kappa shape index (κ1) is 10.4. The Morgan fingerprint density at radius 1 is 1.69 bits per heavy atom. The fraction of sp³-hybridized carbons (Fsp3) is 0.875. The van der Waals surface area contributed by atoms with Gasteiger partial charge in [0.2, 0.25) is 5.91 Å². The number of aliphatic hydroxyl groups excluding tert-OH is 1. The Hall–Kier alpha value is -0.650. The monoisotopic (exact) mass is 188 g/mol. The summed E-state index contributed by atoms with van der Waals surface area (Å²) < 4.78 is 5.26. The minimum Gasteiger partial charge on any atom is -0.388 e. The fourth-order valence-electron chi connectivity index (χ4n) is 1.47. The minimum atomic E-state index is -0.574. The van der Waals surface area contributed by atoms with E-state index in [2.05, 4.69) is 0 Å². The van der Waals surface area contributed by atoms with Crippen molar-refractivity contribution in [2.45, 2.75) is 19.1 Å². The Balaban J connectivity index is 2.44. The average molecular weight is 188 g/mol. The molecule has 0 unspecified atom stereocenters. The van der Waals surface area contributed by atoms with Crippen LogP contribution in [0.3, 0.4) is 0 Å². The molecule has 1 rings (SSSR count). The smallest absolute Gasteiger partial charge is 0.236 e. The number of hydrogen-bond donors (Lipinski definition) is 2. The van der Waals surface area contributed by atoms with E-state index in [1.165, 1.54) is 4.90 Å². The normalized spacial score (nSPS) is 28.1. The molecular formula is C8H16N2O3. The Bertz CT molecular complexity index is 186. The number of hydrogen-bond acceptors (Lipinski definition) is 4. The van der Waals surface area contributed by atoms with Crippen molar-refractivity contribution in [3.63, 3.8) is 0 Å². The van der Waals surface area contributed by atoms with Gasteiger partial charge >= 0.3 is 0 Å². The molecule has 1 aliphatic heterocycles. The van der Waals surface area contributed by atoms with Crippen LogP contribution in [0.15, 0.2) is 0 Å². The number of carbonyl (C=O) groups is 1. The molecule has 1 fully saturated rings. The van der Waals surface area contributed by atoms with Gasteiger partial charge in [0.15, 0.2) is 0 Å². The van der Waals surface area contributed by atoms with E-state index >= 15 is 0 Å². The second-order valence-electron chi connectivity index (χ2n) is 3.06. The van der Waals surface area contributed by atoms with Crippen molar-refractivity contribution in [2.24, 2.45) is 5.73 Å². The summed E-state index contributed by atoms with van der Waals surface area (Å²) >= 11 is 0. The van der Waals surface area contributed by atoms with E-state index in [4.69, 9.17) is 10.5 Å². The van der Waals surface area contributed by atoms with Crippen LogP contribution in [-0.4, -0.2) is 54.4 Å². The number of amides is 1. The first-order valence-electron chi connectivity index (χ1n) is 4.46. The lowest BCUT2D eigenvalue weighted by Gasteiger charge is -2.14. The summed E-state index contributed by atoms with van der Waals surface area (Å²) in [5.74, 6) is -0.138. The Labute approximate surface area is 77.5 Å². The second-order valence-corrected chi connectivity index (χ2v) is 3.06. The summed E-state index contributed by atoms with van der Waals surface area (Å²) in [6, 6.07) is 0. The van der Waals surface area contributed by atoms with Crippen molar-refractivity contribution in [1.29, 1.82) is 0 Å². The van der Waals surface area contributed by atoms with Crippen LogP contribution in [0.25, 0.3) is 0 Å². The molecule has 0 aromatic rings. The van der Waals surface area contributed by atoms with Gasteiger partial charge in [0.1, 0.15) is 6.10 Å². The quantitative estimate of drug-likeness (QED) is 0.568. The third kappa shape index (κ3) is 2.40. The maximum Gasteiger partial charge on any atom is 0.236 e. The van der Waals surface area contributed by atoms with E-state index in [9.17, 15) is 9.90 Å². The van der Waals surface area contributed by atoms with Gasteiger partial charge in [-0.2, -0.15) is 0 Å². The van der Waals surface area contributed by atoms with Gasteiger partial charge in [-0.05, 0) is 6.92 Å². The molecule has 76 valence electrons. The van der Waals surface area contributed by atoms with E-state index in [-0.39, 0.29) is 18.6 Å². The van der Waals surface area contributed by atoms with Crippen LogP contribution in [0.2, 0.25) is 0 Å². The van der Waals surface area contributed by atoms with E-state index in [0.29, 0.717) is 19.7 Å². The summed E-state index contributed by atoms with van der Waals surface area (Å²) in [7, 11) is 0. The van der Waals surface area contributed by atoms with Crippen molar-refractivity contribution in [2.75, 3.05) is 26.2 Å².